The first kappa shape index (κ1) is 18.1. The Morgan fingerprint density at radius 3 is 1.95 bits per heavy atom. The van der Waals surface area contributed by atoms with Crippen molar-refractivity contribution in [1.82, 2.24) is 4.90 Å². The van der Waals surface area contributed by atoms with Crippen molar-refractivity contribution in [1.29, 1.82) is 0 Å². The van der Waals surface area contributed by atoms with Crippen molar-refractivity contribution in [3.63, 3.8) is 0 Å². The number of hydrogen-bond acceptors (Lipinski definition) is 3. The largest absolute Gasteiger partial charge is 0.330 e. The lowest BCUT2D eigenvalue weighted by Crippen LogP contribution is -2.28. The summed E-state index contributed by atoms with van der Waals surface area (Å²) in [7, 11) is 0. The Kier molecular flexibility index (Phi) is 10.5. The maximum Gasteiger partial charge on any atom is 0.0233 e. The van der Waals surface area contributed by atoms with Gasteiger partial charge in [0.05, 0.1) is 0 Å². The van der Waals surface area contributed by atoms with E-state index in [2.05, 4.69) is 35.7 Å². The van der Waals surface area contributed by atoms with E-state index in [0.29, 0.717) is 0 Å². The minimum atomic E-state index is 0. The topological polar surface area (TPSA) is 55.3 Å². The summed E-state index contributed by atoms with van der Waals surface area (Å²) in [6, 6.07) is 8.53. The standard InChI is InChI=1S/C15H25N3.ClH/c1-2-14-5-7-15(8-6-14)13-18(11-3-9-16)12-4-10-17;/h2,5-8H,1,3-4,9-13,16-17H2;1H. The summed E-state index contributed by atoms with van der Waals surface area (Å²) in [5.41, 5.74) is 13.6. The van der Waals surface area contributed by atoms with Crippen molar-refractivity contribution in [3.05, 3.63) is 42.0 Å². The number of hydrogen-bond donors (Lipinski definition) is 2. The minimum Gasteiger partial charge on any atom is -0.330 e. The fraction of sp³-hybridized carbons (Fsp3) is 0.467. The van der Waals surface area contributed by atoms with E-state index < -0.39 is 0 Å². The molecule has 0 fully saturated rings. The van der Waals surface area contributed by atoms with Gasteiger partial charge in [0.25, 0.3) is 0 Å². The smallest absolute Gasteiger partial charge is 0.0233 e. The molecule has 0 atom stereocenters. The lowest BCUT2D eigenvalue weighted by Gasteiger charge is -2.22. The average Bonchev–Trinajstić information content (AvgIpc) is 2.42. The van der Waals surface area contributed by atoms with Crippen LogP contribution in [0.2, 0.25) is 0 Å². The van der Waals surface area contributed by atoms with E-state index in [1.54, 1.807) is 0 Å². The normalized spacial score (nSPS) is 10.3. The monoisotopic (exact) mass is 283 g/mol. The van der Waals surface area contributed by atoms with Gasteiger partial charge in [0, 0.05) is 6.54 Å². The SMILES string of the molecule is C=Cc1ccc(CN(CCCN)CCCN)cc1.Cl. The van der Waals surface area contributed by atoms with Crippen LogP contribution in [0.15, 0.2) is 30.8 Å². The highest BCUT2D eigenvalue weighted by molar-refractivity contribution is 5.85. The molecule has 0 bridgehead atoms. The molecule has 0 aliphatic rings. The number of nitrogens with two attached hydrogens (primary N) is 2. The molecule has 0 spiro atoms. The van der Waals surface area contributed by atoms with E-state index in [0.717, 1.165) is 51.1 Å². The molecule has 3 nitrogen and oxygen atoms in total. The van der Waals surface area contributed by atoms with Crippen molar-refractivity contribution in [2.24, 2.45) is 11.5 Å². The molecule has 0 saturated carbocycles. The molecule has 0 aliphatic carbocycles. The summed E-state index contributed by atoms with van der Waals surface area (Å²) < 4.78 is 0. The van der Waals surface area contributed by atoms with E-state index in [4.69, 9.17) is 11.5 Å². The van der Waals surface area contributed by atoms with Gasteiger partial charge in [-0.2, -0.15) is 0 Å². The second kappa shape index (κ2) is 11.0. The van der Waals surface area contributed by atoms with Gasteiger partial charge in [-0.1, -0.05) is 36.9 Å². The predicted molar refractivity (Wildman–Crippen MR) is 86.4 cm³/mol. The maximum absolute atomic E-state index is 5.57. The lowest BCUT2D eigenvalue weighted by molar-refractivity contribution is 0.262. The Morgan fingerprint density at radius 1 is 1.00 bits per heavy atom. The summed E-state index contributed by atoms with van der Waals surface area (Å²) in [6.07, 6.45) is 3.94. The summed E-state index contributed by atoms with van der Waals surface area (Å²) in [5, 5.41) is 0. The molecule has 0 amide bonds. The average molecular weight is 284 g/mol. The quantitative estimate of drug-likeness (QED) is 0.731. The Morgan fingerprint density at radius 2 is 1.53 bits per heavy atom. The van der Waals surface area contributed by atoms with Gasteiger partial charge >= 0.3 is 0 Å². The zero-order chi connectivity index (χ0) is 13.2. The molecule has 0 aliphatic heterocycles. The fourth-order valence-corrected chi connectivity index (χ4v) is 1.92. The molecule has 0 radical (unpaired) electrons. The molecule has 0 aromatic heterocycles. The van der Waals surface area contributed by atoms with E-state index in [9.17, 15) is 0 Å². The number of halogens is 1. The molecule has 4 N–H and O–H groups in total. The molecule has 1 rings (SSSR count). The summed E-state index contributed by atoms with van der Waals surface area (Å²) >= 11 is 0. The van der Waals surface area contributed by atoms with Gasteiger partial charge in [-0.15, -0.1) is 12.4 Å². The Labute approximate surface area is 123 Å². The molecule has 0 heterocycles. The van der Waals surface area contributed by atoms with E-state index >= 15 is 0 Å². The minimum absolute atomic E-state index is 0. The molecule has 0 saturated heterocycles. The fourth-order valence-electron chi connectivity index (χ4n) is 1.92. The molecule has 0 unspecified atom stereocenters. The third-order valence-electron chi connectivity index (χ3n) is 2.98. The van der Waals surface area contributed by atoms with Crippen molar-refractivity contribution in [2.45, 2.75) is 19.4 Å². The zero-order valence-corrected chi connectivity index (χ0v) is 12.4. The van der Waals surface area contributed by atoms with Gasteiger partial charge in [-0.25, -0.2) is 0 Å². The highest BCUT2D eigenvalue weighted by atomic mass is 35.5. The molecule has 19 heavy (non-hydrogen) atoms. The van der Waals surface area contributed by atoms with Crippen LogP contribution >= 0.6 is 12.4 Å². The van der Waals surface area contributed by atoms with Crippen molar-refractivity contribution in [2.75, 3.05) is 26.2 Å². The van der Waals surface area contributed by atoms with Crippen LogP contribution in [0.3, 0.4) is 0 Å². The van der Waals surface area contributed by atoms with Gasteiger partial charge < -0.3 is 11.5 Å². The molecule has 108 valence electrons. The van der Waals surface area contributed by atoms with Crippen LogP contribution in [0.5, 0.6) is 0 Å². The van der Waals surface area contributed by atoms with E-state index in [1.165, 1.54) is 5.56 Å². The van der Waals surface area contributed by atoms with Crippen molar-refractivity contribution < 1.29 is 0 Å². The van der Waals surface area contributed by atoms with Crippen LogP contribution in [-0.4, -0.2) is 31.1 Å². The van der Waals surface area contributed by atoms with Crippen molar-refractivity contribution >= 4 is 18.5 Å². The van der Waals surface area contributed by atoms with Crippen LogP contribution < -0.4 is 11.5 Å². The van der Waals surface area contributed by atoms with Crippen LogP contribution in [0.25, 0.3) is 6.08 Å². The first-order valence-corrected chi connectivity index (χ1v) is 6.64. The number of rotatable bonds is 9. The first-order valence-electron chi connectivity index (χ1n) is 6.64. The van der Waals surface area contributed by atoms with E-state index in [-0.39, 0.29) is 12.4 Å². The number of benzene rings is 1. The van der Waals surface area contributed by atoms with Crippen molar-refractivity contribution in [3.8, 4) is 0 Å². The van der Waals surface area contributed by atoms with Gasteiger partial charge in [-0.3, -0.25) is 4.90 Å². The molecular formula is C15H26ClN3. The Bertz CT molecular complexity index is 330. The molecular weight excluding hydrogens is 258 g/mol. The van der Waals surface area contributed by atoms with Gasteiger partial charge in [0.15, 0.2) is 0 Å². The summed E-state index contributed by atoms with van der Waals surface area (Å²) in [5.74, 6) is 0. The predicted octanol–water partition coefficient (Wildman–Crippen LogP) is 2.25. The van der Waals surface area contributed by atoms with Crippen LogP contribution in [0.1, 0.15) is 24.0 Å². The third-order valence-corrected chi connectivity index (χ3v) is 2.98. The highest BCUT2D eigenvalue weighted by Crippen LogP contribution is 2.09. The van der Waals surface area contributed by atoms with Gasteiger partial charge in [0.2, 0.25) is 0 Å². The second-order valence-corrected chi connectivity index (χ2v) is 4.51. The summed E-state index contributed by atoms with van der Waals surface area (Å²) in [6.45, 7) is 8.31. The maximum atomic E-state index is 5.57. The first-order chi connectivity index (χ1) is 8.80. The Balaban J connectivity index is 0.00000324. The van der Waals surface area contributed by atoms with Crippen LogP contribution in [0.4, 0.5) is 0 Å². The van der Waals surface area contributed by atoms with Gasteiger partial charge in [-0.05, 0) is 50.1 Å². The molecule has 4 heteroatoms. The highest BCUT2D eigenvalue weighted by Gasteiger charge is 2.04. The van der Waals surface area contributed by atoms with Gasteiger partial charge in [0.1, 0.15) is 0 Å². The molecule has 1 aromatic carbocycles. The zero-order valence-electron chi connectivity index (χ0n) is 11.6. The molecule has 1 aromatic rings. The Hall–Kier alpha value is -0.870. The second-order valence-electron chi connectivity index (χ2n) is 4.51. The van der Waals surface area contributed by atoms with Crippen LogP contribution in [0, 0.1) is 0 Å². The number of nitrogens with zero attached hydrogens (tertiary/aromatic N) is 1. The lowest BCUT2D eigenvalue weighted by atomic mass is 10.1. The summed E-state index contributed by atoms with van der Waals surface area (Å²) in [4.78, 5) is 2.42. The third kappa shape index (κ3) is 7.33. The van der Waals surface area contributed by atoms with E-state index in [1.807, 2.05) is 6.08 Å². The van der Waals surface area contributed by atoms with Crippen LogP contribution in [-0.2, 0) is 6.54 Å².